The molecule has 0 aliphatic heterocycles. The molecule has 0 heterocycles. The Kier molecular flexibility index (Phi) is 7.18. The molecule has 0 aromatic carbocycles. The van der Waals surface area contributed by atoms with Crippen LogP contribution in [0.15, 0.2) is 0 Å². The van der Waals surface area contributed by atoms with Crippen molar-refractivity contribution in [3.8, 4) is 11.5 Å². The quantitative estimate of drug-likeness (QED) is 0.494. The second kappa shape index (κ2) is 8.12. The monoisotopic (exact) mass is 280 g/mol. The lowest BCUT2D eigenvalue weighted by Gasteiger charge is -2.23. The first-order chi connectivity index (χ1) is 8.91. The van der Waals surface area contributed by atoms with Gasteiger partial charge in [0, 0.05) is 0 Å². The molecule has 0 atom stereocenters. The summed E-state index contributed by atoms with van der Waals surface area (Å²) in [4.78, 5) is 0. The third-order valence-corrected chi connectivity index (χ3v) is 4.73. The third-order valence-electron chi connectivity index (χ3n) is 3.85. The second-order valence-electron chi connectivity index (χ2n) is 7.21. The van der Waals surface area contributed by atoms with E-state index in [0.29, 0.717) is 0 Å². The van der Waals surface area contributed by atoms with Gasteiger partial charge in [0.1, 0.15) is 13.7 Å². The van der Waals surface area contributed by atoms with E-state index in [2.05, 4.69) is 31.1 Å². The normalized spacial score (nSPS) is 22.5. The molecule has 2 heteroatoms. The Hall–Kier alpha value is -0.263. The summed E-state index contributed by atoms with van der Waals surface area (Å²) in [6.45, 7) is 6.75. The highest BCUT2D eigenvalue weighted by Gasteiger charge is 2.24. The SMILES string of the molecule is C[Si](C)(C)C#CC1(O)CCCCCCCCCCC1. The van der Waals surface area contributed by atoms with E-state index in [4.69, 9.17) is 0 Å². The lowest BCUT2D eigenvalue weighted by Crippen LogP contribution is -2.28. The van der Waals surface area contributed by atoms with Gasteiger partial charge in [-0.15, -0.1) is 5.54 Å². The molecule has 0 amide bonds. The highest BCUT2D eigenvalue weighted by Crippen LogP contribution is 2.24. The van der Waals surface area contributed by atoms with E-state index in [1.54, 1.807) is 0 Å². The Morgan fingerprint density at radius 2 is 1.11 bits per heavy atom. The van der Waals surface area contributed by atoms with Crippen LogP contribution < -0.4 is 0 Å². The minimum Gasteiger partial charge on any atom is -0.378 e. The van der Waals surface area contributed by atoms with E-state index in [0.717, 1.165) is 25.7 Å². The largest absolute Gasteiger partial charge is 0.378 e. The average Bonchev–Trinajstić information content (AvgIpc) is 2.31. The first kappa shape index (κ1) is 16.8. The summed E-state index contributed by atoms with van der Waals surface area (Å²) in [7, 11) is -1.38. The lowest BCUT2D eigenvalue weighted by atomic mass is 9.89. The zero-order valence-corrected chi connectivity index (χ0v) is 14.2. The molecule has 0 aromatic rings. The summed E-state index contributed by atoms with van der Waals surface area (Å²) in [5.74, 6) is 3.26. The van der Waals surface area contributed by atoms with Gasteiger partial charge in [-0.1, -0.05) is 70.5 Å². The highest BCUT2D eigenvalue weighted by atomic mass is 28.3. The van der Waals surface area contributed by atoms with Crippen molar-refractivity contribution in [2.24, 2.45) is 0 Å². The van der Waals surface area contributed by atoms with E-state index >= 15 is 0 Å². The fourth-order valence-electron chi connectivity index (χ4n) is 2.63. The Morgan fingerprint density at radius 1 is 0.737 bits per heavy atom. The van der Waals surface area contributed by atoms with Crippen molar-refractivity contribution in [3.05, 3.63) is 0 Å². The van der Waals surface area contributed by atoms with Gasteiger partial charge < -0.3 is 5.11 Å². The molecule has 1 rings (SSSR count). The molecule has 0 aromatic heterocycles. The van der Waals surface area contributed by atoms with Gasteiger partial charge in [-0.05, 0) is 25.7 Å². The van der Waals surface area contributed by atoms with Gasteiger partial charge in [0.2, 0.25) is 0 Å². The van der Waals surface area contributed by atoms with Crippen molar-refractivity contribution in [1.82, 2.24) is 0 Å². The Balaban J connectivity index is 2.60. The molecule has 0 spiro atoms. The standard InChI is InChI=1S/C17H32OSi/c1-19(2,3)16-15-17(18)13-11-9-7-5-4-6-8-10-12-14-17/h18H,4-14H2,1-3H3. The second-order valence-corrected chi connectivity index (χ2v) is 12.0. The maximum absolute atomic E-state index is 10.8. The molecule has 1 nitrogen and oxygen atoms in total. The number of hydrogen-bond acceptors (Lipinski definition) is 1. The molecule has 0 unspecified atom stereocenters. The number of hydrogen-bond donors (Lipinski definition) is 1. The molecule has 1 N–H and O–H groups in total. The first-order valence-corrected chi connectivity index (χ1v) is 11.7. The Bertz CT molecular complexity index is 293. The molecule has 1 fully saturated rings. The molecule has 0 radical (unpaired) electrons. The minimum atomic E-state index is -1.38. The van der Waals surface area contributed by atoms with Crippen LogP contribution in [0.25, 0.3) is 0 Å². The zero-order valence-electron chi connectivity index (χ0n) is 13.2. The van der Waals surface area contributed by atoms with Crippen LogP contribution in [0.5, 0.6) is 0 Å². The molecule has 1 saturated carbocycles. The van der Waals surface area contributed by atoms with Crippen LogP contribution in [-0.2, 0) is 0 Å². The first-order valence-electron chi connectivity index (χ1n) is 8.18. The summed E-state index contributed by atoms with van der Waals surface area (Å²) in [5, 5.41) is 10.8. The predicted octanol–water partition coefficient (Wildman–Crippen LogP) is 4.90. The Labute approximate surface area is 121 Å². The van der Waals surface area contributed by atoms with E-state index in [1.807, 2.05) is 0 Å². The fraction of sp³-hybridized carbons (Fsp3) is 0.882. The molecule has 0 bridgehead atoms. The molecular weight excluding hydrogens is 248 g/mol. The summed E-state index contributed by atoms with van der Waals surface area (Å²) >= 11 is 0. The third kappa shape index (κ3) is 8.50. The zero-order chi connectivity index (χ0) is 14.2. The van der Waals surface area contributed by atoms with E-state index < -0.39 is 13.7 Å². The van der Waals surface area contributed by atoms with Gasteiger partial charge in [-0.2, -0.15) is 0 Å². The average molecular weight is 281 g/mol. The van der Waals surface area contributed by atoms with Crippen molar-refractivity contribution in [1.29, 1.82) is 0 Å². The topological polar surface area (TPSA) is 20.2 Å². The van der Waals surface area contributed by atoms with Crippen LogP contribution in [0.3, 0.4) is 0 Å². The van der Waals surface area contributed by atoms with Crippen molar-refractivity contribution in [3.63, 3.8) is 0 Å². The molecule has 110 valence electrons. The maximum Gasteiger partial charge on any atom is 0.129 e. The maximum atomic E-state index is 10.8. The van der Waals surface area contributed by atoms with Crippen molar-refractivity contribution < 1.29 is 5.11 Å². The molecule has 1 aliphatic rings. The summed E-state index contributed by atoms with van der Waals surface area (Å²) in [6.07, 6.45) is 13.4. The number of aliphatic hydroxyl groups is 1. The van der Waals surface area contributed by atoms with E-state index in [-0.39, 0.29) is 0 Å². The van der Waals surface area contributed by atoms with Crippen molar-refractivity contribution >= 4 is 8.07 Å². The van der Waals surface area contributed by atoms with E-state index in [9.17, 15) is 5.11 Å². The summed E-state index contributed by atoms with van der Waals surface area (Å²) in [6, 6.07) is 0. The fourth-order valence-corrected chi connectivity index (χ4v) is 3.23. The van der Waals surface area contributed by atoms with Crippen LogP contribution in [0.4, 0.5) is 0 Å². The molecular formula is C17H32OSi. The predicted molar refractivity (Wildman–Crippen MR) is 86.9 cm³/mol. The van der Waals surface area contributed by atoms with Gasteiger partial charge in [0.25, 0.3) is 0 Å². The van der Waals surface area contributed by atoms with Crippen molar-refractivity contribution in [2.45, 2.75) is 95.9 Å². The molecule has 1 aliphatic carbocycles. The van der Waals surface area contributed by atoms with Crippen LogP contribution in [0, 0.1) is 11.5 Å². The van der Waals surface area contributed by atoms with Crippen LogP contribution >= 0.6 is 0 Å². The van der Waals surface area contributed by atoms with Crippen LogP contribution in [0.2, 0.25) is 19.6 Å². The highest BCUT2D eigenvalue weighted by molar-refractivity contribution is 6.83. The summed E-state index contributed by atoms with van der Waals surface area (Å²) < 4.78 is 0. The lowest BCUT2D eigenvalue weighted by molar-refractivity contribution is 0.0759. The number of rotatable bonds is 0. The van der Waals surface area contributed by atoms with Gasteiger partial charge in [-0.25, -0.2) is 0 Å². The minimum absolute atomic E-state index is 0.695. The van der Waals surface area contributed by atoms with Gasteiger partial charge in [0.15, 0.2) is 0 Å². The van der Waals surface area contributed by atoms with Crippen molar-refractivity contribution in [2.75, 3.05) is 0 Å². The molecule has 19 heavy (non-hydrogen) atoms. The van der Waals surface area contributed by atoms with Gasteiger partial charge in [0.05, 0.1) is 0 Å². The van der Waals surface area contributed by atoms with Crippen LogP contribution in [0.1, 0.15) is 70.6 Å². The van der Waals surface area contributed by atoms with Gasteiger partial charge >= 0.3 is 0 Å². The summed E-state index contributed by atoms with van der Waals surface area (Å²) in [5.41, 5.74) is 2.69. The molecule has 0 saturated heterocycles. The van der Waals surface area contributed by atoms with Gasteiger partial charge in [-0.3, -0.25) is 0 Å². The van der Waals surface area contributed by atoms with Crippen LogP contribution in [-0.4, -0.2) is 18.8 Å². The Morgan fingerprint density at radius 3 is 1.47 bits per heavy atom. The van der Waals surface area contributed by atoms with E-state index in [1.165, 1.54) is 44.9 Å². The smallest absolute Gasteiger partial charge is 0.129 e.